The number of carbonyl (C=O) groups is 1. The number of benzene rings is 1. The lowest BCUT2D eigenvalue weighted by molar-refractivity contribution is -0.133. The Kier molecular flexibility index (Phi) is 4.72. The first kappa shape index (κ1) is 16.5. The molecule has 0 bridgehead atoms. The topological polar surface area (TPSA) is 26.8 Å². The van der Waals surface area contributed by atoms with Gasteiger partial charge in [-0.05, 0) is 35.6 Å². The summed E-state index contributed by atoms with van der Waals surface area (Å²) in [6.07, 6.45) is 0.972. The van der Waals surface area contributed by atoms with Crippen molar-refractivity contribution in [3.8, 4) is 0 Å². The van der Waals surface area contributed by atoms with Gasteiger partial charge in [-0.25, -0.2) is 4.39 Å². The minimum absolute atomic E-state index is 0.174. The highest BCUT2D eigenvalue weighted by molar-refractivity contribution is 7.10. The van der Waals surface area contributed by atoms with Gasteiger partial charge in [0.1, 0.15) is 5.82 Å². The largest absolute Gasteiger partial charge is 0.367 e. The SMILES string of the molecule is O=C(CN1CCN(c2ccccc2F)CC1)N1CCc2sccc2C1. The maximum absolute atomic E-state index is 13.9. The molecule has 0 aliphatic carbocycles. The van der Waals surface area contributed by atoms with Crippen LogP contribution in [0.4, 0.5) is 10.1 Å². The van der Waals surface area contributed by atoms with Gasteiger partial charge in [0, 0.05) is 44.1 Å². The first-order chi connectivity index (χ1) is 12.2. The first-order valence-electron chi connectivity index (χ1n) is 8.75. The van der Waals surface area contributed by atoms with Crippen molar-refractivity contribution in [1.29, 1.82) is 0 Å². The number of thiophene rings is 1. The number of carbonyl (C=O) groups excluding carboxylic acids is 1. The van der Waals surface area contributed by atoms with Gasteiger partial charge in [-0.1, -0.05) is 12.1 Å². The molecule has 1 saturated heterocycles. The van der Waals surface area contributed by atoms with Gasteiger partial charge in [0.2, 0.25) is 5.91 Å². The Balaban J connectivity index is 1.30. The van der Waals surface area contributed by atoms with E-state index in [0.717, 1.165) is 45.7 Å². The summed E-state index contributed by atoms with van der Waals surface area (Å²) in [5, 5.41) is 2.11. The summed E-state index contributed by atoms with van der Waals surface area (Å²) < 4.78 is 13.9. The first-order valence-corrected chi connectivity index (χ1v) is 9.63. The Labute approximate surface area is 151 Å². The molecule has 132 valence electrons. The van der Waals surface area contributed by atoms with Crippen LogP contribution in [-0.4, -0.2) is 55.0 Å². The van der Waals surface area contributed by atoms with Crippen LogP contribution in [0.15, 0.2) is 35.7 Å². The minimum Gasteiger partial charge on any atom is -0.367 e. The van der Waals surface area contributed by atoms with E-state index in [-0.39, 0.29) is 11.7 Å². The summed E-state index contributed by atoms with van der Waals surface area (Å²) in [5.41, 5.74) is 1.96. The van der Waals surface area contributed by atoms with Crippen molar-refractivity contribution in [3.05, 3.63) is 52.0 Å². The van der Waals surface area contributed by atoms with Crippen LogP contribution < -0.4 is 4.90 Å². The molecule has 1 aromatic heterocycles. The number of para-hydroxylation sites is 1. The molecule has 1 fully saturated rings. The van der Waals surface area contributed by atoms with Crippen LogP contribution in [-0.2, 0) is 17.8 Å². The summed E-state index contributed by atoms with van der Waals surface area (Å²) in [6.45, 7) is 5.11. The molecule has 4 rings (SSSR count). The van der Waals surface area contributed by atoms with E-state index in [0.29, 0.717) is 12.2 Å². The molecule has 3 heterocycles. The summed E-state index contributed by atoms with van der Waals surface area (Å²) >= 11 is 1.79. The Morgan fingerprint density at radius 1 is 1.08 bits per heavy atom. The Hall–Kier alpha value is -1.92. The van der Waals surface area contributed by atoms with E-state index in [4.69, 9.17) is 0 Å². The maximum atomic E-state index is 13.9. The average Bonchev–Trinajstić information content (AvgIpc) is 3.10. The van der Waals surface area contributed by atoms with E-state index in [1.54, 1.807) is 17.4 Å². The van der Waals surface area contributed by atoms with Crippen molar-refractivity contribution in [3.63, 3.8) is 0 Å². The molecule has 0 atom stereocenters. The second-order valence-electron chi connectivity index (χ2n) is 6.65. The van der Waals surface area contributed by atoms with Crippen LogP contribution in [0.1, 0.15) is 10.4 Å². The van der Waals surface area contributed by atoms with E-state index in [2.05, 4.69) is 21.2 Å². The molecular weight excluding hydrogens is 337 g/mol. The third-order valence-electron chi connectivity index (χ3n) is 5.08. The summed E-state index contributed by atoms with van der Waals surface area (Å²) in [5.74, 6) is 0.0306. The zero-order valence-electron chi connectivity index (χ0n) is 14.2. The van der Waals surface area contributed by atoms with Gasteiger partial charge in [-0.3, -0.25) is 9.69 Å². The van der Waals surface area contributed by atoms with Gasteiger partial charge in [-0.2, -0.15) is 0 Å². The van der Waals surface area contributed by atoms with Crippen LogP contribution >= 0.6 is 11.3 Å². The average molecular weight is 359 g/mol. The lowest BCUT2D eigenvalue weighted by atomic mass is 10.1. The molecule has 2 aliphatic rings. The summed E-state index contributed by atoms with van der Waals surface area (Å²) in [7, 11) is 0. The van der Waals surface area contributed by atoms with Gasteiger partial charge >= 0.3 is 0 Å². The van der Waals surface area contributed by atoms with Crippen LogP contribution in [0.2, 0.25) is 0 Å². The molecular formula is C19H22FN3OS. The van der Waals surface area contributed by atoms with Crippen LogP contribution in [0.5, 0.6) is 0 Å². The number of amides is 1. The predicted molar refractivity (Wildman–Crippen MR) is 98.5 cm³/mol. The molecule has 0 spiro atoms. The summed E-state index contributed by atoms with van der Waals surface area (Å²) in [6, 6.07) is 9.03. The fourth-order valence-electron chi connectivity index (χ4n) is 3.61. The quantitative estimate of drug-likeness (QED) is 0.843. The Morgan fingerprint density at radius 2 is 1.88 bits per heavy atom. The van der Waals surface area contributed by atoms with Crippen molar-refractivity contribution in [1.82, 2.24) is 9.80 Å². The second kappa shape index (κ2) is 7.14. The fraction of sp³-hybridized carbons (Fsp3) is 0.421. The van der Waals surface area contributed by atoms with Crippen molar-refractivity contribution in [2.45, 2.75) is 13.0 Å². The van der Waals surface area contributed by atoms with Crippen LogP contribution in [0.3, 0.4) is 0 Å². The van der Waals surface area contributed by atoms with Gasteiger partial charge < -0.3 is 9.80 Å². The molecule has 0 radical (unpaired) electrons. The molecule has 25 heavy (non-hydrogen) atoms. The van der Waals surface area contributed by atoms with Crippen LogP contribution in [0, 0.1) is 5.82 Å². The van der Waals surface area contributed by atoms with Gasteiger partial charge in [0.25, 0.3) is 0 Å². The maximum Gasteiger partial charge on any atom is 0.237 e. The molecule has 2 aliphatic heterocycles. The van der Waals surface area contributed by atoms with Crippen molar-refractivity contribution in [2.75, 3.05) is 44.2 Å². The van der Waals surface area contributed by atoms with Crippen molar-refractivity contribution < 1.29 is 9.18 Å². The zero-order valence-corrected chi connectivity index (χ0v) is 15.0. The second-order valence-corrected chi connectivity index (χ2v) is 7.65. The number of anilines is 1. The van der Waals surface area contributed by atoms with Crippen LogP contribution in [0.25, 0.3) is 0 Å². The molecule has 4 nitrogen and oxygen atoms in total. The number of piperazine rings is 1. The van der Waals surface area contributed by atoms with Crippen molar-refractivity contribution in [2.24, 2.45) is 0 Å². The normalized spacial score (nSPS) is 18.3. The number of halogens is 1. The van der Waals surface area contributed by atoms with Gasteiger partial charge in [-0.15, -0.1) is 11.3 Å². The number of nitrogens with zero attached hydrogens (tertiary/aromatic N) is 3. The minimum atomic E-state index is -0.174. The Morgan fingerprint density at radius 3 is 2.68 bits per heavy atom. The van der Waals surface area contributed by atoms with E-state index in [1.165, 1.54) is 16.5 Å². The highest BCUT2D eigenvalue weighted by atomic mass is 32.1. The third-order valence-corrected chi connectivity index (χ3v) is 6.11. The molecule has 2 aromatic rings. The van der Waals surface area contributed by atoms with Gasteiger partial charge in [0.15, 0.2) is 0 Å². The van der Waals surface area contributed by atoms with E-state index in [9.17, 15) is 9.18 Å². The highest BCUT2D eigenvalue weighted by Crippen LogP contribution is 2.24. The molecule has 1 amide bonds. The van der Waals surface area contributed by atoms with E-state index >= 15 is 0 Å². The molecule has 1 aromatic carbocycles. The zero-order chi connectivity index (χ0) is 17.2. The molecule has 0 N–H and O–H groups in total. The lowest BCUT2D eigenvalue weighted by Crippen LogP contribution is -2.50. The van der Waals surface area contributed by atoms with Gasteiger partial charge in [0.05, 0.1) is 12.2 Å². The summed E-state index contributed by atoms with van der Waals surface area (Å²) in [4.78, 5) is 20.3. The molecule has 0 saturated carbocycles. The standard InChI is InChI=1S/C19H22FN3OS/c20-16-3-1-2-4-17(16)22-10-8-21(9-11-22)14-19(24)23-7-5-18-15(13-23)6-12-25-18/h1-4,6,12H,5,7-11,13-14H2. The molecule has 6 heteroatoms. The van der Waals surface area contributed by atoms with E-state index in [1.807, 2.05) is 17.0 Å². The van der Waals surface area contributed by atoms with E-state index < -0.39 is 0 Å². The Bertz CT molecular complexity index is 755. The highest BCUT2D eigenvalue weighted by Gasteiger charge is 2.25. The predicted octanol–water partition coefficient (Wildman–Crippen LogP) is 2.59. The lowest BCUT2D eigenvalue weighted by Gasteiger charge is -2.37. The number of fused-ring (bicyclic) bond motifs is 1. The smallest absolute Gasteiger partial charge is 0.237 e. The third kappa shape index (κ3) is 3.55. The van der Waals surface area contributed by atoms with Crippen molar-refractivity contribution >= 4 is 22.9 Å². The fourth-order valence-corrected chi connectivity index (χ4v) is 4.50. The number of hydrogen-bond acceptors (Lipinski definition) is 4. The number of hydrogen-bond donors (Lipinski definition) is 0. The number of rotatable bonds is 3. The monoisotopic (exact) mass is 359 g/mol. The molecule has 0 unspecified atom stereocenters.